The van der Waals surface area contributed by atoms with E-state index in [9.17, 15) is 9.59 Å². The third-order valence-electron chi connectivity index (χ3n) is 5.64. The van der Waals surface area contributed by atoms with Crippen molar-refractivity contribution < 1.29 is 14.3 Å². The normalized spacial score (nSPS) is 14.2. The summed E-state index contributed by atoms with van der Waals surface area (Å²) in [4.78, 5) is 35.1. The van der Waals surface area contributed by atoms with Crippen molar-refractivity contribution in [2.75, 3.05) is 51.0 Å². The van der Waals surface area contributed by atoms with Crippen LogP contribution in [0.4, 0.5) is 17.5 Å². The molecule has 1 aromatic heterocycles. The van der Waals surface area contributed by atoms with Crippen molar-refractivity contribution in [1.29, 1.82) is 0 Å². The van der Waals surface area contributed by atoms with E-state index in [0.717, 1.165) is 31.5 Å². The molecule has 0 unspecified atom stereocenters. The Labute approximate surface area is 200 Å². The average Bonchev–Trinajstić information content (AvgIpc) is 2.84. The maximum absolute atomic E-state index is 12.7. The number of aromatic nitrogens is 2. The van der Waals surface area contributed by atoms with Crippen molar-refractivity contribution in [2.24, 2.45) is 0 Å². The highest BCUT2D eigenvalue weighted by molar-refractivity contribution is 5.95. The number of ether oxygens (including phenoxy) is 1. The molecular formula is C24H33N7O3. The van der Waals surface area contributed by atoms with Gasteiger partial charge in [-0.3, -0.25) is 9.59 Å². The highest BCUT2D eigenvalue weighted by Gasteiger charge is 2.20. The molecule has 4 N–H and O–H groups in total. The lowest BCUT2D eigenvalue weighted by Crippen LogP contribution is -2.43. The lowest BCUT2D eigenvalue weighted by molar-refractivity contribution is -0.116. The Hall–Kier alpha value is -3.66. The SMILES string of the molecule is C=CC(=O)NCCNc1nc(Nc2ccc(C(=O)NC3CCN(C)CC3)cc2OC)ncc1C. The van der Waals surface area contributed by atoms with E-state index >= 15 is 0 Å². The molecule has 10 nitrogen and oxygen atoms in total. The quantitative estimate of drug-likeness (QED) is 0.310. The second-order valence-corrected chi connectivity index (χ2v) is 8.24. The Bertz CT molecular complexity index is 1020. The number of carbonyl (C=O) groups excluding carboxylic acids is 2. The van der Waals surface area contributed by atoms with Crippen LogP contribution in [0.2, 0.25) is 0 Å². The second kappa shape index (κ2) is 12.0. The van der Waals surface area contributed by atoms with Gasteiger partial charge in [-0.1, -0.05) is 6.58 Å². The summed E-state index contributed by atoms with van der Waals surface area (Å²) in [6.45, 7) is 8.22. The van der Waals surface area contributed by atoms with Gasteiger partial charge in [0.2, 0.25) is 11.9 Å². The minimum absolute atomic E-state index is 0.110. The maximum atomic E-state index is 12.7. The van der Waals surface area contributed by atoms with Gasteiger partial charge in [0.1, 0.15) is 11.6 Å². The van der Waals surface area contributed by atoms with Crippen molar-refractivity contribution in [3.63, 3.8) is 0 Å². The summed E-state index contributed by atoms with van der Waals surface area (Å²) in [6, 6.07) is 5.43. The van der Waals surface area contributed by atoms with Gasteiger partial charge in [0.05, 0.1) is 12.8 Å². The van der Waals surface area contributed by atoms with E-state index in [2.05, 4.69) is 49.8 Å². The van der Waals surface area contributed by atoms with Gasteiger partial charge in [0.25, 0.3) is 5.91 Å². The zero-order valence-electron chi connectivity index (χ0n) is 20.0. The molecule has 2 aromatic rings. The summed E-state index contributed by atoms with van der Waals surface area (Å²) in [7, 11) is 3.65. The zero-order valence-corrected chi connectivity index (χ0v) is 20.0. The van der Waals surface area contributed by atoms with Crippen LogP contribution in [-0.2, 0) is 4.79 Å². The van der Waals surface area contributed by atoms with Crippen molar-refractivity contribution in [1.82, 2.24) is 25.5 Å². The van der Waals surface area contributed by atoms with E-state index in [1.165, 1.54) is 6.08 Å². The number of hydrogen-bond donors (Lipinski definition) is 4. The number of methoxy groups -OCH3 is 1. The van der Waals surface area contributed by atoms with Gasteiger partial charge in [-0.25, -0.2) is 4.98 Å². The minimum atomic E-state index is -0.223. The van der Waals surface area contributed by atoms with Crippen LogP contribution in [0.3, 0.4) is 0 Å². The molecule has 0 saturated carbocycles. The predicted octanol–water partition coefficient (Wildman–Crippen LogP) is 2.08. The number of amides is 2. The zero-order chi connectivity index (χ0) is 24.5. The molecule has 0 spiro atoms. The first-order chi connectivity index (χ1) is 16.4. The molecule has 2 heterocycles. The van der Waals surface area contributed by atoms with Crippen LogP contribution in [0, 0.1) is 6.92 Å². The number of benzene rings is 1. The van der Waals surface area contributed by atoms with E-state index in [1.807, 2.05) is 6.92 Å². The molecule has 1 saturated heterocycles. The van der Waals surface area contributed by atoms with Gasteiger partial charge in [-0.05, 0) is 64.2 Å². The first-order valence-electron chi connectivity index (χ1n) is 11.3. The van der Waals surface area contributed by atoms with Crippen LogP contribution in [0.5, 0.6) is 5.75 Å². The summed E-state index contributed by atoms with van der Waals surface area (Å²) in [6.07, 6.45) is 4.83. The smallest absolute Gasteiger partial charge is 0.251 e. The van der Waals surface area contributed by atoms with Gasteiger partial charge in [-0.2, -0.15) is 4.98 Å². The number of piperidine rings is 1. The number of rotatable bonds is 10. The van der Waals surface area contributed by atoms with Crippen LogP contribution >= 0.6 is 0 Å². The number of nitrogens with zero attached hydrogens (tertiary/aromatic N) is 3. The van der Waals surface area contributed by atoms with Gasteiger partial charge in [0.15, 0.2) is 0 Å². The minimum Gasteiger partial charge on any atom is -0.495 e. The molecule has 34 heavy (non-hydrogen) atoms. The molecule has 1 fully saturated rings. The molecule has 0 radical (unpaired) electrons. The standard InChI is InChI=1S/C24H33N7O3/c1-5-21(32)25-10-11-26-22-16(2)15-27-24(30-22)29-19-7-6-17(14-20(19)34-4)23(33)28-18-8-12-31(3)13-9-18/h5-7,14-15,18H,1,8-13H2,2-4H3,(H,25,32)(H,28,33)(H2,26,27,29,30). The van der Waals surface area contributed by atoms with Crippen molar-refractivity contribution in [2.45, 2.75) is 25.8 Å². The molecule has 10 heteroatoms. The van der Waals surface area contributed by atoms with Crippen LogP contribution < -0.4 is 26.0 Å². The summed E-state index contributed by atoms with van der Waals surface area (Å²) < 4.78 is 5.51. The third kappa shape index (κ3) is 6.92. The van der Waals surface area contributed by atoms with Crippen molar-refractivity contribution >= 4 is 29.3 Å². The second-order valence-electron chi connectivity index (χ2n) is 8.24. The number of anilines is 3. The largest absolute Gasteiger partial charge is 0.495 e. The van der Waals surface area contributed by atoms with E-state index in [-0.39, 0.29) is 17.9 Å². The van der Waals surface area contributed by atoms with E-state index < -0.39 is 0 Å². The molecule has 182 valence electrons. The van der Waals surface area contributed by atoms with E-state index in [0.29, 0.717) is 41.9 Å². The number of carbonyl (C=O) groups is 2. The lowest BCUT2D eigenvalue weighted by Gasteiger charge is -2.29. The van der Waals surface area contributed by atoms with Crippen LogP contribution in [0.1, 0.15) is 28.8 Å². The van der Waals surface area contributed by atoms with Gasteiger partial charge < -0.3 is 30.9 Å². The number of likely N-dealkylation sites (tertiary alicyclic amines) is 1. The fourth-order valence-electron chi connectivity index (χ4n) is 3.60. The summed E-state index contributed by atoms with van der Waals surface area (Å²) in [5.74, 6) is 1.21. The fraction of sp³-hybridized carbons (Fsp3) is 0.417. The molecule has 0 atom stereocenters. The summed E-state index contributed by atoms with van der Waals surface area (Å²) >= 11 is 0. The Morgan fingerprint density at radius 1 is 1.26 bits per heavy atom. The Balaban J connectivity index is 1.64. The molecule has 2 amide bonds. The van der Waals surface area contributed by atoms with Crippen molar-refractivity contribution in [3.8, 4) is 5.75 Å². The van der Waals surface area contributed by atoms with Crippen LogP contribution in [0.15, 0.2) is 37.1 Å². The Morgan fingerprint density at radius 2 is 2.03 bits per heavy atom. The molecular weight excluding hydrogens is 434 g/mol. The summed E-state index contributed by atoms with van der Waals surface area (Å²) in [5.41, 5.74) is 2.05. The third-order valence-corrected chi connectivity index (χ3v) is 5.64. The van der Waals surface area contributed by atoms with Crippen LogP contribution in [0.25, 0.3) is 0 Å². The molecule has 0 aliphatic carbocycles. The topological polar surface area (TPSA) is 121 Å². The molecule has 3 rings (SSSR count). The first-order valence-corrected chi connectivity index (χ1v) is 11.3. The van der Waals surface area contributed by atoms with Crippen molar-refractivity contribution in [3.05, 3.63) is 48.2 Å². The molecule has 1 aliphatic rings. The summed E-state index contributed by atoms with van der Waals surface area (Å²) in [5, 5.41) is 12.2. The van der Waals surface area contributed by atoms with Gasteiger partial charge in [0, 0.05) is 36.5 Å². The molecule has 1 aromatic carbocycles. The number of nitrogens with one attached hydrogen (secondary N) is 4. The molecule has 1 aliphatic heterocycles. The number of hydrogen-bond acceptors (Lipinski definition) is 8. The average molecular weight is 468 g/mol. The predicted molar refractivity (Wildman–Crippen MR) is 133 cm³/mol. The maximum Gasteiger partial charge on any atom is 0.251 e. The van der Waals surface area contributed by atoms with E-state index in [4.69, 9.17) is 4.74 Å². The van der Waals surface area contributed by atoms with Gasteiger partial charge in [-0.15, -0.1) is 0 Å². The first kappa shape index (κ1) is 25.0. The van der Waals surface area contributed by atoms with E-state index in [1.54, 1.807) is 31.5 Å². The Kier molecular flexibility index (Phi) is 8.80. The Morgan fingerprint density at radius 3 is 2.74 bits per heavy atom. The van der Waals surface area contributed by atoms with Gasteiger partial charge >= 0.3 is 0 Å². The monoisotopic (exact) mass is 467 g/mol. The highest BCUT2D eigenvalue weighted by atomic mass is 16.5. The molecule has 0 bridgehead atoms. The fourth-order valence-corrected chi connectivity index (χ4v) is 3.60. The van der Waals surface area contributed by atoms with Crippen LogP contribution in [-0.4, -0.2) is 73.1 Å². The number of aryl methyl sites for hydroxylation is 1. The highest BCUT2D eigenvalue weighted by Crippen LogP contribution is 2.28. The lowest BCUT2D eigenvalue weighted by atomic mass is 10.0.